The fourth-order valence-electron chi connectivity index (χ4n) is 5.38. The summed E-state index contributed by atoms with van der Waals surface area (Å²) in [5.74, 6) is 1.76. The molecule has 0 fully saturated rings. The van der Waals surface area contributed by atoms with Gasteiger partial charge in [-0.05, 0) is 104 Å². The number of hydrogen-bond donors (Lipinski definition) is 0. The summed E-state index contributed by atoms with van der Waals surface area (Å²) in [6.07, 6.45) is 3.47. The first-order chi connectivity index (χ1) is 17.9. The maximum Gasteiger partial charge on any atom is 0.0461 e. The van der Waals surface area contributed by atoms with E-state index in [9.17, 15) is 0 Å². The lowest BCUT2D eigenvalue weighted by Gasteiger charge is -2.26. The van der Waals surface area contributed by atoms with Crippen molar-refractivity contribution in [3.05, 3.63) is 125 Å². The number of anilines is 3. The van der Waals surface area contributed by atoms with E-state index < -0.39 is 0 Å². The Morgan fingerprint density at radius 2 is 0.946 bits per heavy atom. The molecular weight excluding hydrogens is 446 g/mol. The highest BCUT2D eigenvalue weighted by Gasteiger charge is 2.18. The summed E-state index contributed by atoms with van der Waals surface area (Å²) in [5, 5.41) is 0. The maximum atomic E-state index is 2.38. The van der Waals surface area contributed by atoms with E-state index in [0.717, 1.165) is 6.42 Å². The molecule has 0 saturated carbocycles. The Bertz CT molecular complexity index is 1180. The fourth-order valence-corrected chi connectivity index (χ4v) is 5.38. The topological polar surface area (TPSA) is 3.24 Å². The fraction of sp³-hybridized carbons (Fsp3) is 0.333. The molecule has 1 nitrogen and oxygen atoms in total. The van der Waals surface area contributed by atoms with Crippen molar-refractivity contribution >= 4 is 17.1 Å². The number of aryl methyl sites for hydroxylation is 2. The third-order valence-electron chi connectivity index (χ3n) is 7.86. The van der Waals surface area contributed by atoms with Crippen LogP contribution in [0, 0.1) is 19.8 Å². The molecule has 0 spiro atoms. The number of benzene rings is 4. The van der Waals surface area contributed by atoms with Crippen LogP contribution in [0.15, 0.2) is 97.1 Å². The molecule has 4 rings (SSSR count). The molecule has 0 aliphatic heterocycles. The van der Waals surface area contributed by atoms with Crippen LogP contribution >= 0.6 is 0 Å². The van der Waals surface area contributed by atoms with Crippen LogP contribution in [0.25, 0.3) is 0 Å². The van der Waals surface area contributed by atoms with E-state index in [0.29, 0.717) is 17.8 Å². The molecule has 37 heavy (non-hydrogen) atoms. The van der Waals surface area contributed by atoms with Gasteiger partial charge in [-0.25, -0.2) is 0 Å². The number of nitrogens with zero attached hydrogens (tertiary/aromatic N) is 1. The Balaban J connectivity index is 1.59. The van der Waals surface area contributed by atoms with Gasteiger partial charge in [-0.1, -0.05) is 99.5 Å². The minimum absolute atomic E-state index is 0.506. The van der Waals surface area contributed by atoms with Crippen molar-refractivity contribution < 1.29 is 0 Å². The van der Waals surface area contributed by atoms with Crippen molar-refractivity contribution in [2.45, 2.75) is 72.6 Å². The summed E-state index contributed by atoms with van der Waals surface area (Å²) in [7, 11) is 0. The van der Waals surface area contributed by atoms with Crippen LogP contribution in [-0.2, 0) is 6.42 Å². The lowest BCUT2D eigenvalue weighted by molar-refractivity contribution is 0.495. The van der Waals surface area contributed by atoms with Gasteiger partial charge in [0.25, 0.3) is 0 Å². The second-order valence-corrected chi connectivity index (χ2v) is 10.9. The normalized spacial score (nSPS) is 12.2. The smallest absolute Gasteiger partial charge is 0.0461 e. The van der Waals surface area contributed by atoms with E-state index in [1.165, 1.54) is 57.7 Å². The van der Waals surface area contributed by atoms with E-state index in [1.807, 2.05) is 0 Å². The zero-order valence-electron chi connectivity index (χ0n) is 23.5. The van der Waals surface area contributed by atoms with Crippen LogP contribution < -0.4 is 4.90 Å². The Labute approximate surface area is 225 Å². The molecule has 0 amide bonds. The molecule has 0 aliphatic rings. The van der Waals surface area contributed by atoms with Crippen molar-refractivity contribution in [3.63, 3.8) is 0 Å². The third kappa shape index (κ3) is 6.52. The molecule has 1 unspecified atom stereocenters. The summed E-state index contributed by atoms with van der Waals surface area (Å²) in [4.78, 5) is 2.35. The number of hydrogen-bond acceptors (Lipinski definition) is 1. The van der Waals surface area contributed by atoms with Crippen LogP contribution in [0.5, 0.6) is 0 Å². The molecule has 4 aromatic rings. The molecule has 0 aliphatic carbocycles. The van der Waals surface area contributed by atoms with Crippen molar-refractivity contribution in [1.29, 1.82) is 0 Å². The van der Waals surface area contributed by atoms with Gasteiger partial charge in [-0.2, -0.15) is 0 Å². The quantitative estimate of drug-likeness (QED) is 0.214. The van der Waals surface area contributed by atoms with Gasteiger partial charge in [0.1, 0.15) is 0 Å². The molecule has 192 valence electrons. The molecule has 0 heterocycles. The zero-order valence-corrected chi connectivity index (χ0v) is 23.5. The largest absolute Gasteiger partial charge is 0.311 e. The summed E-state index contributed by atoms with van der Waals surface area (Å²) in [6.45, 7) is 13.6. The van der Waals surface area contributed by atoms with Crippen LogP contribution in [0.2, 0.25) is 0 Å². The van der Waals surface area contributed by atoms with Gasteiger partial charge in [0.2, 0.25) is 0 Å². The van der Waals surface area contributed by atoms with Gasteiger partial charge in [0.05, 0.1) is 0 Å². The second-order valence-electron chi connectivity index (χ2n) is 10.9. The van der Waals surface area contributed by atoms with Gasteiger partial charge >= 0.3 is 0 Å². The second kappa shape index (κ2) is 12.3. The van der Waals surface area contributed by atoms with Gasteiger partial charge < -0.3 is 4.90 Å². The predicted octanol–water partition coefficient (Wildman–Crippen LogP) is 10.7. The average Bonchev–Trinajstić information content (AvgIpc) is 2.91. The molecule has 0 N–H and O–H groups in total. The molecule has 0 aromatic heterocycles. The van der Waals surface area contributed by atoms with Crippen LogP contribution in [0.1, 0.15) is 80.2 Å². The Kier molecular flexibility index (Phi) is 8.87. The van der Waals surface area contributed by atoms with Gasteiger partial charge in [0.15, 0.2) is 0 Å². The summed E-state index contributed by atoms with van der Waals surface area (Å²) in [6, 6.07) is 36.3. The third-order valence-corrected chi connectivity index (χ3v) is 7.86. The molecule has 1 heteroatoms. The summed E-state index contributed by atoms with van der Waals surface area (Å²) < 4.78 is 0. The number of rotatable bonds is 10. The lowest BCUT2D eigenvalue weighted by Crippen LogP contribution is -2.12. The van der Waals surface area contributed by atoms with E-state index in [1.54, 1.807) is 0 Å². The van der Waals surface area contributed by atoms with Crippen molar-refractivity contribution in [3.8, 4) is 0 Å². The first-order valence-corrected chi connectivity index (χ1v) is 14.0. The predicted molar refractivity (Wildman–Crippen MR) is 162 cm³/mol. The lowest BCUT2D eigenvalue weighted by atomic mass is 9.82. The van der Waals surface area contributed by atoms with Gasteiger partial charge in [0, 0.05) is 17.1 Å². The molecular formula is C36H43N. The minimum Gasteiger partial charge on any atom is -0.311 e. The summed E-state index contributed by atoms with van der Waals surface area (Å²) in [5.41, 5.74) is 10.4. The van der Waals surface area contributed by atoms with Crippen molar-refractivity contribution in [2.24, 2.45) is 5.92 Å². The Hall–Kier alpha value is -3.32. The molecule has 0 bridgehead atoms. The molecule has 0 radical (unpaired) electrons. The van der Waals surface area contributed by atoms with Crippen molar-refractivity contribution in [1.82, 2.24) is 0 Å². The monoisotopic (exact) mass is 489 g/mol. The first kappa shape index (κ1) is 26.7. The van der Waals surface area contributed by atoms with Crippen LogP contribution in [0.3, 0.4) is 0 Å². The van der Waals surface area contributed by atoms with Gasteiger partial charge in [-0.3, -0.25) is 0 Å². The standard InChI is InChI=1S/C36H43N/c1-7-30(8-2)31-15-17-32(18-16-31)36(26(3)4)25-29-13-23-35(24-14-29)37(33-19-9-27(5)10-20-33)34-21-11-28(6)12-22-34/h9-24,26,30,36H,7-8,25H2,1-6H3. The first-order valence-electron chi connectivity index (χ1n) is 14.0. The zero-order chi connectivity index (χ0) is 26.4. The molecule has 4 aromatic carbocycles. The highest BCUT2D eigenvalue weighted by atomic mass is 15.1. The molecule has 1 atom stereocenters. The SMILES string of the molecule is CCC(CC)c1ccc(C(Cc2ccc(N(c3ccc(C)cc3)c3ccc(C)cc3)cc2)C(C)C)cc1. The maximum absolute atomic E-state index is 2.38. The van der Waals surface area contributed by atoms with Crippen molar-refractivity contribution in [2.75, 3.05) is 4.90 Å². The Morgan fingerprint density at radius 3 is 1.35 bits per heavy atom. The van der Waals surface area contributed by atoms with E-state index in [-0.39, 0.29) is 0 Å². The molecule has 0 saturated heterocycles. The Morgan fingerprint density at radius 1 is 0.541 bits per heavy atom. The van der Waals surface area contributed by atoms with Crippen LogP contribution in [0.4, 0.5) is 17.1 Å². The average molecular weight is 490 g/mol. The van der Waals surface area contributed by atoms with E-state index in [2.05, 4.69) is 144 Å². The van der Waals surface area contributed by atoms with E-state index >= 15 is 0 Å². The van der Waals surface area contributed by atoms with Crippen LogP contribution in [-0.4, -0.2) is 0 Å². The van der Waals surface area contributed by atoms with Gasteiger partial charge in [-0.15, -0.1) is 0 Å². The minimum atomic E-state index is 0.506. The highest BCUT2D eigenvalue weighted by molar-refractivity contribution is 5.76. The highest BCUT2D eigenvalue weighted by Crippen LogP contribution is 2.36. The summed E-state index contributed by atoms with van der Waals surface area (Å²) >= 11 is 0. The van der Waals surface area contributed by atoms with E-state index in [4.69, 9.17) is 0 Å².